The molecule has 15 heteroatoms. The van der Waals surface area contributed by atoms with E-state index in [-0.39, 0.29) is 62.2 Å². The van der Waals surface area contributed by atoms with Crippen LogP contribution < -0.4 is 27.5 Å². The van der Waals surface area contributed by atoms with Gasteiger partial charge in [0.2, 0.25) is 5.91 Å². The van der Waals surface area contributed by atoms with Crippen LogP contribution in [0.1, 0.15) is 48.5 Å². The molecule has 1 atom stereocenters. The fraction of sp³-hybridized carbons (Fsp3) is 0.458. The Kier molecular flexibility index (Phi) is 10.9. The minimum Gasteiger partial charge on any atom is -0.480 e. The quantitative estimate of drug-likeness (QED) is 0.0571. The fourth-order valence-electron chi connectivity index (χ4n) is 4.23. The van der Waals surface area contributed by atoms with Crippen molar-refractivity contribution in [2.75, 3.05) is 32.7 Å². The van der Waals surface area contributed by atoms with Gasteiger partial charge in [-0.25, -0.2) is 0 Å². The summed E-state index contributed by atoms with van der Waals surface area (Å²) in [4.78, 5) is 64.1. The van der Waals surface area contributed by atoms with Gasteiger partial charge in [-0.3, -0.25) is 40.2 Å². The number of carbonyl (C=O) groups is 5. The van der Waals surface area contributed by atoms with E-state index in [1.54, 1.807) is 0 Å². The standard InChI is InChI=1S/C24H35N9O6/c1-15(34)24(9-3-11-29-18(35)4-2-10-30-23(27)28)22(39)32(14-19(36)37)12-13-33(24)31-21(38)17-7-5-16(6-8-17)20(25)26/h5-8H,2-4,9-14H2,1H3,(H3,25,26)(H,29,35)(H,31,38)(H,36,37)(H4,27,28,30)/t24-/m0/s1. The molecule has 3 amide bonds. The Bertz CT molecular complexity index is 1120. The number of hydrogen-bond donors (Lipinski definition) is 8. The third-order valence-electron chi connectivity index (χ3n) is 6.23. The molecule has 15 nitrogen and oxygen atoms in total. The molecular formula is C24H35N9O6. The third-order valence-corrected chi connectivity index (χ3v) is 6.23. The van der Waals surface area contributed by atoms with Crippen LogP contribution in [0.3, 0.4) is 0 Å². The van der Waals surface area contributed by atoms with Crippen molar-refractivity contribution in [1.29, 1.82) is 10.8 Å². The summed E-state index contributed by atoms with van der Waals surface area (Å²) < 4.78 is 0. The molecule has 1 aromatic rings. The summed E-state index contributed by atoms with van der Waals surface area (Å²) in [6.45, 7) is 1.04. The highest BCUT2D eigenvalue weighted by Gasteiger charge is 2.53. The summed E-state index contributed by atoms with van der Waals surface area (Å²) in [6, 6.07) is 5.88. The van der Waals surface area contributed by atoms with Crippen LogP contribution in [0.5, 0.6) is 0 Å². The second kappa shape index (κ2) is 13.9. The van der Waals surface area contributed by atoms with E-state index in [0.29, 0.717) is 18.5 Å². The van der Waals surface area contributed by atoms with Gasteiger partial charge in [0.15, 0.2) is 17.3 Å². The Morgan fingerprint density at radius 1 is 1.00 bits per heavy atom. The summed E-state index contributed by atoms with van der Waals surface area (Å²) in [7, 11) is 0. The number of benzene rings is 1. The number of amidine groups is 1. The molecule has 0 radical (unpaired) electrons. The Morgan fingerprint density at radius 2 is 1.62 bits per heavy atom. The Morgan fingerprint density at radius 3 is 2.18 bits per heavy atom. The number of carboxylic acids is 1. The molecule has 10 N–H and O–H groups in total. The molecule has 0 unspecified atom stereocenters. The Hall–Kier alpha value is -4.53. The van der Waals surface area contributed by atoms with Gasteiger partial charge in [0, 0.05) is 43.7 Å². The van der Waals surface area contributed by atoms with Crippen LogP contribution >= 0.6 is 0 Å². The fourth-order valence-corrected chi connectivity index (χ4v) is 4.23. The molecule has 2 rings (SSSR count). The van der Waals surface area contributed by atoms with Gasteiger partial charge in [-0.2, -0.15) is 5.01 Å². The maximum Gasteiger partial charge on any atom is 0.323 e. The molecule has 1 fully saturated rings. The molecule has 1 aliphatic rings. The first-order chi connectivity index (χ1) is 18.4. The van der Waals surface area contributed by atoms with Crippen LogP contribution in [0.15, 0.2) is 24.3 Å². The monoisotopic (exact) mass is 545 g/mol. The van der Waals surface area contributed by atoms with Crippen molar-refractivity contribution in [3.63, 3.8) is 0 Å². The van der Waals surface area contributed by atoms with E-state index in [1.165, 1.54) is 36.2 Å². The van der Waals surface area contributed by atoms with E-state index >= 15 is 0 Å². The Labute approximate surface area is 225 Å². The maximum absolute atomic E-state index is 13.5. The highest BCUT2D eigenvalue weighted by molar-refractivity contribution is 6.11. The van der Waals surface area contributed by atoms with Gasteiger partial charge in [-0.1, -0.05) is 12.1 Å². The third kappa shape index (κ3) is 8.23. The van der Waals surface area contributed by atoms with Gasteiger partial charge in [0.05, 0.1) is 0 Å². The molecule has 1 aromatic carbocycles. The van der Waals surface area contributed by atoms with Crippen molar-refractivity contribution in [3.8, 4) is 0 Å². The maximum atomic E-state index is 13.5. The van der Waals surface area contributed by atoms with E-state index < -0.39 is 35.7 Å². The molecule has 1 heterocycles. The topological polar surface area (TPSA) is 248 Å². The van der Waals surface area contributed by atoms with Crippen LogP contribution in [-0.2, 0) is 19.2 Å². The lowest BCUT2D eigenvalue weighted by Gasteiger charge is -2.47. The first-order valence-corrected chi connectivity index (χ1v) is 12.3. The van der Waals surface area contributed by atoms with Gasteiger partial charge in [-0.15, -0.1) is 0 Å². The highest BCUT2D eigenvalue weighted by atomic mass is 16.4. The number of Topliss-reactive ketones (excluding diaryl/α,β-unsaturated/α-hetero) is 1. The molecule has 212 valence electrons. The normalized spacial score (nSPS) is 17.3. The number of piperazine rings is 1. The Balaban J connectivity index is 2.16. The molecule has 1 aliphatic heterocycles. The first kappa shape index (κ1) is 30.7. The predicted octanol–water partition coefficient (Wildman–Crippen LogP) is -1.67. The summed E-state index contributed by atoms with van der Waals surface area (Å²) in [5, 5.41) is 30.4. The number of nitrogens with two attached hydrogens (primary N) is 2. The first-order valence-electron chi connectivity index (χ1n) is 12.3. The van der Waals surface area contributed by atoms with Crippen molar-refractivity contribution in [2.24, 2.45) is 11.5 Å². The lowest BCUT2D eigenvalue weighted by Crippen LogP contribution is -2.73. The lowest BCUT2D eigenvalue weighted by molar-refractivity contribution is -0.165. The summed E-state index contributed by atoms with van der Waals surface area (Å²) in [6.07, 6.45) is 0.711. The van der Waals surface area contributed by atoms with Gasteiger partial charge in [0.1, 0.15) is 12.4 Å². The lowest BCUT2D eigenvalue weighted by atomic mass is 9.84. The number of nitrogen functional groups attached to an aromatic ring is 1. The van der Waals surface area contributed by atoms with Crippen molar-refractivity contribution in [1.82, 2.24) is 26.0 Å². The van der Waals surface area contributed by atoms with Gasteiger partial charge in [-0.05, 0) is 38.3 Å². The number of carbonyl (C=O) groups excluding carboxylic acids is 4. The number of nitrogens with one attached hydrogen (secondary N) is 5. The molecule has 0 spiro atoms. The molecule has 0 saturated carbocycles. The van der Waals surface area contributed by atoms with Crippen molar-refractivity contribution in [3.05, 3.63) is 35.4 Å². The highest BCUT2D eigenvalue weighted by Crippen LogP contribution is 2.28. The van der Waals surface area contributed by atoms with E-state index in [0.717, 1.165) is 4.90 Å². The average Bonchev–Trinajstić information content (AvgIpc) is 2.87. The second-order valence-electron chi connectivity index (χ2n) is 9.02. The van der Waals surface area contributed by atoms with E-state index in [4.69, 9.17) is 22.3 Å². The predicted molar refractivity (Wildman–Crippen MR) is 141 cm³/mol. The number of guanidine groups is 1. The van der Waals surface area contributed by atoms with Crippen molar-refractivity contribution < 1.29 is 29.1 Å². The smallest absolute Gasteiger partial charge is 0.323 e. The molecule has 0 aromatic heterocycles. The molecular weight excluding hydrogens is 510 g/mol. The molecule has 0 bridgehead atoms. The molecule has 39 heavy (non-hydrogen) atoms. The van der Waals surface area contributed by atoms with Crippen LogP contribution in [-0.4, -0.2) is 94.5 Å². The van der Waals surface area contributed by atoms with Gasteiger partial charge >= 0.3 is 5.97 Å². The van der Waals surface area contributed by atoms with Crippen molar-refractivity contribution >= 4 is 41.3 Å². The largest absolute Gasteiger partial charge is 0.480 e. The van der Waals surface area contributed by atoms with E-state index in [2.05, 4.69) is 16.1 Å². The zero-order valence-electron chi connectivity index (χ0n) is 21.7. The number of carboxylic acid groups (broad SMARTS) is 1. The van der Waals surface area contributed by atoms with E-state index in [9.17, 15) is 29.1 Å². The number of ketones is 1. The molecule has 1 saturated heterocycles. The number of hydrogen-bond acceptors (Lipinski definition) is 8. The second-order valence-corrected chi connectivity index (χ2v) is 9.02. The zero-order chi connectivity index (χ0) is 29.2. The SMILES string of the molecule is CC(=O)[C@@]1(CCCNC(=O)CCCNC(=N)N)C(=O)N(CC(=O)O)CCN1NC(=O)c1ccc(C(=N)N)cc1. The average molecular weight is 546 g/mol. The van der Waals surface area contributed by atoms with Crippen LogP contribution in [0, 0.1) is 10.8 Å². The number of nitrogens with zero attached hydrogens (tertiary/aromatic N) is 2. The van der Waals surface area contributed by atoms with Crippen LogP contribution in [0.4, 0.5) is 0 Å². The minimum absolute atomic E-state index is 0.00855. The summed E-state index contributed by atoms with van der Waals surface area (Å²) >= 11 is 0. The number of hydrazine groups is 1. The number of amides is 3. The van der Waals surface area contributed by atoms with Crippen LogP contribution in [0.2, 0.25) is 0 Å². The summed E-state index contributed by atoms with van der Waals surface area (Å²) in [5.74, 6) is -3.81. The van der Waals surface area contributed by atoms with Gasteiger partial charge < -0.3 is 32.1 Å². The zero-order valence-corrected chi connectivity index (χ0v) is 21.7. The van der Waals surface area contributed by atoms with Gasteiger partial charge in [0.25, 0.3) is 11.8 Å². The summed E-state index contributed by atoms with van der Waals surface area (Å²) in [5.41, 5.74) is 12.0. The number of rotatable bonds is 14. The molecule has 0 aliphatic carbocycles. The minimum atomic E-state index is -1.88. The van der Waals surface area contributed by atoms with E-state index in [1.807, 2.05) is 0 Å². The number of aliphatic carboxylic acids is 1. The van der Waals surface area contributed by atoms with Crippen LogP contribution in [0.25, 0.3) is 0 Å². The van der Waals surface area contributed by atoms with Crippen molar-refractivity contribution in [2.45, 2.75) is 38.1 Å².